The highest BCUT2D eigenvalue weighted by molar-refractivity contribution is 5.15. The van der Waals surface area contributed by atoms with Gasteiger partial charge >= 0.3 is 0 Å². The molecular weight excluding hydrogens is 356 g/mol. The number of halogens is 1. The number of benzene rings is 1. The summed E-state index contributed by atoms with van der Waals surface area (Å²) in [4.78, 5) is 0. The lowest BCUT2D eigenvalue weighted by atomic mass is 10.0. The quantitative estimate of drug-likeness (QED) is 0.455. The first kappa shape index (κ1) is 31.1. The number of unbranched alkanes of at least 4 members (excludes halogenated alkanes) is 8. The van der Waals surface area contributed by atoms with Crippen molar-refractivity contribution in [3.05, 3.63) is 35.9 Å². The molecule has 0 aliphatic rings. The van der Waals surface area contributed by atoms with Gasteiger partial charge in [-0.1, -0.05) is 101 Å². The normalized spacial score (nSPS) is 10.6. The van der Waals surface area contributed by atoms with Crippen molar-refractivity contribution in [3.8, 4) is 0 Å². The Bertz CT molecular complexity index is 347. The molecule has 0 saturated carbocycles. The second-order valence-electron chi connectivity index (χ2n) is 7.08. The second kappa shape index (κ2) is 27.6. The van der Waals surface area contributed by atoms with E-state index in [2.05, 4.69) is 19.1 Å². The summed E-state index contributed by atoms with van der Waals surface area (Å²) in [5, 5.41) is 15.9. The predicted octanol–water partition coefficient (Wildman–Crippen LogP) is -0.498. The van der Waals surface area contributed by atoms with Crippen molar-refractivity contribution < 1.29 is 28.1 Å². The fraction of sp³-hybridized carbons (Fsp3) is 0.739. The Kier molecular flexibility index (Phi) is 31.8. The van der Waals surface area contributed by atoms with Crippen LogP contribution in [-0.4, -0.2) is 34.3 Å². The van der Waals surface area contributed by atoms with Crippen LogP contribution in [0.5, 0.6) is 0 Å². The number of nitrogens with two attached hydrogens (primary N) is 2. The molecule has 0 amide bonds. The fourth-order valence-corrected chi connectivity index (χ4v) is 2.66. The van der Waals surface area contributed by atoms with E-state index in [1.165, 1.54) is 56.9 Å². The third-order valence-electron chi connectivity index (χ3n) is 3.94. The van der Waals surface area contributed by atoms with Crippen LogP contribution in [0.15, 0.2) is 30.3 Å². The summed E-state index contributed by atoms with van der Waals surface area (Å²) in [6, 6.07) is 10.1. The van der Waals surface area contributed by atoms with Gasteiger partial charge in [0.25, 0.3) is 0 Å². The molecule has 1 atom stereocenters. The van der Waals surface area contributed by atoms with Crippen LogP contribution in [0.1, 0.15) is 76.7 Å². The van der Waals surface area contributed by atoms with Gasteiger partial charge in [0.2, 0.25) is 0 Å². The average molecular weight is 403 g/mol. The second-order valence-corrected chi connectivity index (χ2v) is 7.08. The number of rotatable bonds is 12. The van der Waals surface area contributed by atoms with Crippen molar-refractivity contribution in [1.82, 2.24) is 0 Å². The standard InChI is InChI=1S/C19H31O.2C2H7N.ClH/c1-2-3-4-5-6-7-8-9-13-16-19(20)17-18-14-11-10-12-15-18;2*1-3-2;/h10-12,14-15,19H,2-9,13,16-17H2,1H3;2*3H,1-2H3;1H/q-1;;;/p+1. The van der Waals surface area contributed by atoms with Gasteiger partial charge in [-0.05, 0) is 12.0 Å². The van der Waals surface area contributed by atoms with Crippen LogP contribution in [-0.2, 0) is 6.42 Å². The molecule has 4 heteroatoms. The van der Waals surface area contributed by atoms with Crippen molar-refractivity contribution in [2.24, 2.45) is 0 Å². The van der Waals surface area contributed by atoms with Crippen molar-refractivity contribution in [2.75, 3.05) is 28.2 Å². The van der Waals surface area contributed by atoms with Crippen LogP contribution in [0, 0.1) is 0 Å². The summed E-state index contributed by atoms with van der Waals surface area (Å²) >= 11 is 0. The van der Waals surface area contributed by atoms with Gasteiger partial charge in [0.05, 0.1) is 28.2 Å². The molecule has 0 fully saturated rings. The first-order valence-corrected chi connectivity index (χ1v) is 10.8. The van der Waals surface area contributed by atoms with Crippen LogP contribution in [0.3, 0.4) is 0 Å². The molecule has 0 bridgehead atoms. The maximum Gasteiger partial charge on any atom is 0.0647 e. The average Bonchev–Trinajstić information content (AvgIpc) is 2.62. The molecule has 162 valence electrons. The lowest BCUT2D eigenvalue weighted by molar-refractivity contribution is -0.597. The summed E-state index contributed by atoms with van der Waals surface area (Å²) in [5.41, 5.74) is 1.18. The van der Waals surface area contributed by atoms with Gasteiger partial charge in [-0.15, -0.1) is 6.10 Å². The largest absolute Gasteiger partial charge is 1.00 e. The molecule has 0 aromatic heterocycles. The van der Waals surface area contributed by atoms with E-state index >= 15 is 0 Å². The van der Waals surface area contributed by atoms with Crippen LogP contribution in [0.4, 0.5) is 0 Å². The fourth-order valence-electron chi connectivity index (χ4n) is 2.66. The summed E-state index contributed by atoms with van der Waals surface area (Å²) in [5.74, 6) is 0. The first-order chi connectivity index (χ1) is 12.7. The van der Waals surface area contributed by atoms with E-state index in [9.17, 15) is 5.11 Å². The smallest absolute Gasteiger partial charge is 0.0647 e. The number of quaternary nitrogens is 2. The highest BCUT2D eigenvalue weighted by Crippen LogP contribution is 2.12. The van der Waals surface area contributed by atoms with E-state index in [1.807, 2.05) is 57.0 Å². The van der Waals surface area contributed by atoms with Gasteiger partial charge in [0.15, 0.2) is 0 Å². The molecule has 27 heavy (non-hydrogen) atoms. The van der Waals surface area contributed by atoms with E-state index in [0.29, 0.717) is 6.42 Å². The minimum atomic E-state index is -0.415. The Labute approximate surface area is 176 Å². The molecule has 0 aliphatic carbocycles. The monoisotopic (exact) mass is 402 g/mol. The Morgan fingerprint density at radius 3 is 1.59 bits per heavy atom. The lowest BCUT2D eigenvalue weighted by Gasteiger charge is -2.22. The van der Waals surface area contributed by atoms with Crippen LogP contribution >= 0.6 is 0 Å². The number of hydrogen-bond acceptors (Lipinski definition) is 1. The Balaban J connectivity index is -0.000000726. The molecule has 0 spiro atoms. The van der Waals surface area contributed by atoms with Crippen LogP contribution in [0.25, 0.3) is 0 Å². The zero-order valence-corrected chi connectivity index (χ0v) is 19.4. The molecule has 4 N–H and O–H groups in total. The van der Waals surface area contributed by atoms with Crippen molar-refractivity contribution in [3.63, 3.8) is 0 Å². The maximum absolute atomic E-state index is 11.9. The molecular formula is C23H47ClN2O. The topological polar surface area (TPSA) is 56.3 Å². The molecule has 0 aliphatic heterocycles. The summed E-state index contributed by atoms with van der Waals surface area (Å²) < 4.78 is 0. The van der Waals surface area contributed by atoms with Crippen molar-refractivity contribution in [2.45, 2.75) is 83.7 Å². The predicted molar refractivity (Wildman–Crippen MR) is 113 cm³/mol. The summed E-state index contributed by atoms with van der Waals surface area (Å²) in [6.45, 7) is 2.26. The molecule has 0 radical (unpaired) electrons. The Morgan fingerprint density at radius 2 is 1.15 bits per heavy atom. The third kappa shape index (κ3) is 27.7. The highest BCUT2D eigenvalue weighted by atomic mass is 35.5. The molecule has 1 aromatic carbocycles. The Morgan fingerprint density at radius 1 is 0.741 bits per heavy atom. The van der Waals surface area contributed by atoms with Gasteiger partial charge in [-0.3, -0.25) is 0 Å². The SMILES string of the molecule is CCCCCCCCCCCC([O-])Cc1ccccc1.C[NH2+]C.C[NH2+]C.[Cl-]. The van der Waals surface area contributed by atoms with Gasteiger partial charge in [0.1, 0.15) is 0 Å². The van der Waals surface area contributed by atoms with Gasteiger partial charge < -0.3 is 28.1 Å². The van der Waals surface area contributed by atoms with Crippen molar-refractivity contribution >= 4 is 0 Å². The van der Waals surface area contributed by atoms with E-state index in [-0.39, 0.29) is 12.4 Å². The third-order valence-corrected chi connectivity index (χ3v) is 3.94. The lowest BCUT2D eigenvalue weighted by Crippen LogP contribution is -3.00. The molecule has 1 unspecified atom stereocenters. The molecule has 0 heterocycles. The van der Waals surface area contributed by atoms with E-state index in [1.54, 1.807) is 0 Å². The van der Waals surface area contributed by atoms with Crippen LogP contribution in [0.2, 0.25) is 0 Å². The molecule has 3 nitrogen and oxygen atoms in total. The number of hydrogen-bond donors (Lipinski definition) is 2. The highest BCUT2D eigenvalue weighted by Gasteiger charge is 1.98. The molecule has 0 saturated heterocycles. The van der Waals surface area contributed by atoms with Gasteiger partial charge in [0, 0.05) is 0 Å². The van der Waals surface area contributed by atoms with Gasteiger partial charge in [-0.25, -0.2) is 0 Å². The zero-order valence-electron chi connectivity index (χ0n) is 18.7. The molecule has 1 rings (SSSR count). The summed E-state index contributed by atoms with van der Waals surface area (Å²) in [6.07, 6.45) is 13.0. The minimum absolute atomic E-state index is 0. The van der Waals surface area contributed by atoms with E-state index in [4.69, 9.17) is 0 Å². The van der Waals surface area contributed by atoms with E-state index in [0.717, 1.165) is 12.8 Å². The molecule has 1 aromatic rings. The van der Waals surface area contributed by atoms with Gasteiger partial charge in [-0.2, -0.15) is 0 Å². The van der Waals surface area contributed by atoms with Crippen LogP contribution < -0.4 is 28.1 Å². The van der Waals surface area contributed by atoms with Crippen molar-refractivity contribution in [1.29, 1.82) is 0 Å². The zero-order chi connectivity index (χ0) is 19.9. The first-order valence-electron chi connectivity index (χ1n) is 10.8. The maximum atomic E-state index is 11.9. The van der Waals surface area contributed by atoms with E-state index < -0.39 is 6.10 Å². The minimum Gasteiger partial charge on any atom is -1.00 e. The summed E-state index contributed by atoms with van der Waals surface area (Å²) in [7, 11) is 8.00. The Hall–Kier alpha value is -0.610.